The Balaban J connectivity index is 1.05. The Hall–Kier alpha value is -5.02. The maximum atomic E-state index is 6.28. The summed E-state index contributed by atoms with van der Waals surface area (Å²) >= 11 is 0. The molecule has 0 N–H and O–H groups in total. The average molecular weight is 611 g/mol. The van der Waals surface area contributed by atoms with Crippen LogP contribution in [0.5, 0.6) is 11.5 Å². The van der Waals surface area contributed by atoms with Crippen LogP contribution in [0.3, 0.4) is 0 Å². The zero-order chi connectivity index (χ0) is 31.0. The zero-order valence-corrected chi connectivity index (χ0v) is 26.6. The molecule has 1 aliphatic heterocycles. The fourth-order valence-corrected chi connectivity index (χ4v) is 9.92. The molecule has 5 aliphatic rings. The first-order valence-corrected chi connectivity index (χ1v) is 17.3. The van der Waals surface area contributed by atoms with Gasteiger partial charge in [-0.2, -0.15) is 0 Å². The van der Waals surface area contributed by atoms with E-state index in [4.69, 9.17) is 4.74 Å². The van der Waals surface area contributed by atoms with Crippen molar-refractivity contribution in [3.63, 3.8) is 0 Å². The topological polar surface area (TPSA) is 15.7 Å². The molecule has 3 nitrogen and oxygen atoms in total. The molecule has 0 unspecified atom stereocenters. The molecule has 47 heavy (non-hydrogen) atoms. The van der Waals surface area contributed by atoms with Crippen molar-refractivity contribution in [1.82, 2.24) is 0 Å². The van der Waals surface area contributed by atoms with Crippen LogP contribution in [-0.4, -0.2) is 0 Å². The van der Waals surface area contributed by atoms with E-state index in [0.29, 0.717) is 5.41 Å². The first-order valence-electron chi connectivity index (χ1n) is 17.3. The predicted octanol–water partition coefficient (Wildman–Crippen LogP) is 12.4. The minimum absolute atomic E-state index is 0.396. The van der Waals surface area contributed by atoms with Gasteiger partial charge >= 0.3 is 0 Å². The van der Waals surface area contributed by atoms with Gasteiger partial charge < -0.3 is 14.5 Å². The summed E-state index contributed by atoms with van der Waals surface area (Å²) in [5.74, 6) is 4.57. The van der Waals surface area contributed by atoms with Crippen molar-refractivity contribution >= 4 is 44.9 Å². The second-order valence-corrected chi connectivity index (χ2v) is 14.5. The normalized spacial score (nSPS) is 23.7. The van der Waals surface area contributed by atoms with Crippen LogP contribution in [0.15, 0.2) is 140 Å². The predicted molar refractivity (Wildman–Crippen MR) is 193 cm³/mol. The van der Waals surface area contributed by atoms with Crippen LogP contribution in [0.25, 0.3) is 10.8 Å². The summed E-state index contributed by atoms with van der Waals surface area (Å²) < 4.78 is 6.28. The maximum Gasteiger partial charge on any atom is 0.151 e. The largest absolute Gasteiger partial charge is 0.453 e. The molecule has 4 saturated carbocycles. The molecule has 0 radical (unpaired) electrons. The molecule has 0 atom stereocenters. The Morgan fingerprint density at radius 1 is 0.511 bits per heavy atom. The van der Waals surface area contributed by atoms with E-state index >= 15 is 0 Å². The van der Waals surface area contributed by atoms with Gasteiger partial charge in [-0.3, -0.25) is 0 Å². The van der Waals surface area contributed by atoms with Gasteiger partial charge in [0.15, 0.2) is 11.5 Å². The van der Waals surface area contributed by atoms with Crippen molar-refractivity contribution in [3.8, 4) is 11.5 Å². The third kappa shape index (κ3) is 4.47. The van der Waals surface area contributed by atoms with Crippen LogP contribution in [0, 0.1) is 17.8 Å². The smallest absolute Gasteiger partial charge is 0.151 e. The van der Waals surface area contributed by atoms with Gasteiger partial charge in [0.1, 0.15) is 0 Å². The summed E-state index contributed by atoms with van der Waals surface area (Å²) in [4.78, 5) is 4.72. The molecule has 0 saturated heterocycles. The van der Waals surface area contributed by atoms with E-state index in [1.54, 1.807) is 5.56 Å². The number of rotatable bonds is 5. The van der Waals surface area contributed by atoms with E-state index < -0.39 is 0 Å². The minimum Gasteiger partial charge on any atom is -0.453 e. The maximum absolute atomic E-state index is 6.28. The summed E-state index contributed by atoms with van der Waals surface area (Å²) in [6.45, 7) is 0. The van der Waals surface area contributed by atoms with Crippen molar-refractivity contribution in [2.45, 2.75) is 43.9 Å². The lowest BCUT2D eigenvalue weighted by atomic mass is 9.48. The Morgan fingerprint density at radius 3 is 1.64 bits per heavy atom. The van der Waals surface area contributed by atoms with Crippen LogP contribution in [0.4, 0.5) is 34.1 Å². The van der Waals surface area contributed by atoms with Crippen molar-refractivity contribution in [1.29, 1.82) is 0 Å². The van der Waals surface area contributed by atoms with Crippen molar-refractivity contribution < 1.29 is 4.74 Å². The van der Waals surface area contributed by atoms with Crippen LogP contribution >= 0.6 is 0 Å². The number of para-hydroxylation sites is 4. The fourth-order valence-electron chi connectivity index (χ4n) is 9.92. The van der Waals surface area contributed by atoms with Crippen LogP contribution in [0.2, 0.25) is 0 Å². The molecular formula is C44H38N2O. The van der Waals surface area contributed by atoms with Crippen molar-refractivity contribution in [3.05, 3.63) is 145 Å². The summed E-state index contributed by atoms with van der Waals surface area (Å²) in [6.07, 6.45) is 8.60. The van der Waals surface area contributed by atoms with E-state index in [0.717, 1.165) is 52.0 Å². The molecule has 0 spiro atoms. The molecular weight excluding hydrogens is 572 g/mol. The fraction of sp³-hybridized carbons (Fsp3) is 0.227. The lowest BCUT2D eigenvalue weighted by molar-refractivity contribution is -0.00518. The second kappa shape index (κ2) is 10.5. The highest BCUT2D eigenvalue weighted by Crippen LogP contribution is 2.61. The summed E-state index contributed by atoms with van der Waals surface area (Å²) in [6, 6.07) is 50.7. The minimum atomic E-state index is 0.396. The zero-order valence-electron chi connectivity index (χ0n) is 26.6. The van der Waals surface area contributed by atoms with E-state index in [9.17, 15) is 0 Å². The first-order chi connectivity index (χ1) is 23.2. The summed E-state index contributed by atoms with van der Waals surface area (Å²) in [5.41, 5.74) is 8.67. The number of benzene rings is 6. The molecule has 6 aromatic rings. The highest BCUT2D eigenvalue weighted by Gasteiger charge is 2.51. The van der Waals surface area contributed by atoms with E-state index in [2.05, 4.69) is 125 Å². The van der Waals surface area contributed by atoms with Gasteiger partial charge in [-0.1, -0.05) is 66.7 Å². The molecule has 0 aromatic heterocycles. The first kappa shape index (κ1) is 27.1. The SMILES string of the molecule is c1ccc2c(c1)Oc1ccccc1N2c1ccc(N(c2ccc(C34CC5CC(CC(C5)C3)C4)cc2)c2ccc3ccccc3c2)cc1. The number of hydrogen-bond donors (Lipinski definition) is 0. The van der Waals surface area contributed by atoms with E-state index in [1.165, 1.54) is 60.7 Å². The summed E-state index contributed by atoms with van der Waals surface area (Å²) in [7, 11) is 0. The molecule has 11 rings (SSSR count). The second-order valence-electron chi connectivity index (χ2n) is 14.5. The molecule has 4 aliphatic carbocycles. The van der Waals surface area contributed by atoms with Gasteiger partial charge in [-0.25, -0.2) is 0 Å². The Labute approximate surface area is 277 Å². The lowest BCUT2D eigenvalue weighted by Crippen LogP contribution is -2.48. The molecule has 3 heteroatoms. The number of ether oxygens (including phenoxy) is 1. The average Bonchev–Trinajstić information content (AvgIpc) is 3.11. The van der Waals surface area contributed by atoms with Gasteiger partial charge in [0.2, 0.25) is 0 Å². The number of hydrogen-bond acceptors (Lipinski definition) is 3. The van der Waals surface area contributed by atoms with Crippen LogP contribution in [-0.2, 0) is 5.41 Å². The molecule has 0 amide bonds. The number of nitrogens with zero attached hydrogens (tertiary/aromatic N) is 2. The highest BCUT2D eigenvalue weighted by molar-refractivity contribution is 5.90. The third-order valence-corrected chi connectivity index (χ3v) is 11.6. The summed E-state index contributed by atoms with van der Waals surface area (Å²) in [5, 5.41) is 2.51. The number of fused-ring (bicyclic) bond motifs is 3. The van der Waals surface area contributed by atoms with Crippen molar-refractivity contribution in [2.75, 3.05) is 9.80 Å². The Bertz CT molecular complexity index is 2030. The Kier molecular flexibility index (Phi) is 6.06. The molecule has 6 aromatic carbocycles. The van der Waals surface area contributed by atoms with Gasteiger partial charge in [0.05, 0.1) is 11.4 Å². The number of anilines is 6. The van der Waals surface area contributed by atoms with Crippen LogP contribution in [0.1, 0.15) is 44.1 Å². The standard InChI is InChI=1S/C44H38N2O/c1-2-8-34-26-39(16-13-33(34)7-1)45(36-17-14-35(15-18-36)44-27-30-23-31(28-44)25-32(24-30)29-44)37-19-21-38(22-20-37)46-40-9-3-5-11-42(40)47-43-12-6-4-10-41(43)46/h1-22,26,30-32H,23-25,27-29H2. The third-order valence-electron chi connectivity index (χ3n) is 11.6. The lowest BCUT2D eigenvalue weighted by Gasteiger charge is -2.57. The van der Waals surface area contributed by atoms with Gasteiger partial charge in [0, 0.05) is 22.7 Å². The van der Waals surface area contributed by atoms with Gasteiger partial charge in [0.25, 0.3) is 0 Å². The van der Waals surface area contributed by atoms with Crippen molar-refractivity contribution in [2.24, 2.45) is 17.8 Å². The molecule has 4 bridgehead atoms. The van der Waals surface area contributed by atoms with Crippen LogP contribution < -0.4 is 14.5 Å². The molecule has 230 valence electrons. The molecule has 4 fully saturated rings. The highest BCUT2D eigenvalue weighted by atomic mass is 16.5. The van der Waals surface area contributed by atoms with E-state index in [-0.39, 0.29) is 0 Å². The van der Waals surface area contributed by atoms with Gasteiger partial charge in [-0.15, -0.1) is 0 Å². The van der Waals surface area contributed by atoms with E-state index in [1.807, 2.05) is 24.3 Å². The molecule has 1 heterocycles. The monoisotopic (exact) mass is 610 g/mol. The quantitative estimate of drug-likeness (QED) is 0.193. The Morgan fingerprint density at radius 2 is 1.02 bits per heavy atom. The van der Waals surface area contributed by atoms with Gasteiger partial charge in [-0.05, 0) is 151 Å².